The number of carbonyl (C=O) groups is 1. The summed E-state index contributed by atoms with van der Waals surface area (Å²) >= 11 is 0. The second-order valence-electron chi connectivity index (χ2n) is 7.66. The van der Waals surface area contributed by atoms with Crippen LogP contribution in [0.15, 0.2) is 59.3 Å². The van der Waals surface area contributed by atoms with Crippen LogP contribution in [0.2, 0.25) is 0 Å². The van der Waals surface area contributed by atoms with E-state index in [1.165, 1.54) is 0 Å². The van der Waals surface area contributed by atoms with Crippen LogP contribution in [0, 0.1) is 0 Å². The van der Waals surface area contributed by atoms with E-state index in [0.717, 1.165) is 0 Å². The van der Waals surface area contributed by atoms with Gasteiger partial charge in [-0.1, -0.05) is 12.1 Å². The van der Waals surface area contributed by atoms with Crippen LogP contribution in [0.5, 0.6) is 11.5 Å². The van der Waals surface area contributed by atoms with Crippen molar-refractivity contribution in [3.8, 4) is 23.0 Å². The maximum Gasteiger partial charge on any atom is 0.252 e. The lowest BCUT2D eigenvalue weighted by molar-refractivity contribution is 0.0790. The minimum atomic E-state index is -0.279. The summed E-state index contributed by atoms with van der Waals surface area (Å²) in [5.74, 6) is 1.75. The highest BCUT2D eigenvalue weighted by Gasteiger charge is 2.23. The van der Waals surface area contributed by atoms with Crippen molar-refractivity contribution in [1.82, 2.24) is 20.1 Å². The second kappa shape index (κ2) is 7.79. The van der Waals surface area contributed by atoms with E-state index in [2.05, 4.69) is 10.4 Å². The van der Waals surface area contributed by atoms with Gasteiger partial charge in [0.25, 0.3) is 5.91 Å². The van der Waals surface area contributed by atoms with Crippen LogP contribution in [0.3, 0.4) is 0 Å². The Labute approximate surface area is 178 Å². The molecule has 1 unspecified atom stereocenters. The molecule has 0 saturated heterocycles. The number of benzene rings is 1. The molecule has 1 atom stereocenters. The van der Waals surface area contributed by atoms with E-state index < -0.39 is 0 Å². The van der Waals surface area contributed by atoms with Crippen molar-refractivity contribution in [2.45, 2.75) is 26.0 Å². The van der Waals surface area contributed by atoms with Crippen molar-refractivity contribution >= 4 is 16.9 Å². The highest BCUT2D eigenvalue weighted by atomic mass is 16.6. The van der Waals surface area contributed by atoms with Gasteiger partial charge >= 0.3 is 0 Å². The van der Waals surface area contributed by atoms with E-state index in [1.54, 1.807) is 29.3 Å². The predicted molar refractivity (Wildman–Crippen MR) is 114 cm³/mol. The molecule has 31 heavy (non-hydrogen) atoms. The molecule has 1 N–H and O–H groups in total. The maximum absolute atomic E-state index is 13.1. The van der Waals surface area contributed by atoms with Crippen molar-refractivity contribution < 1.29 is 18.7 Å². The van der Waals surface area contributed by atoms with Gasteiger partial charge in [-0.2, -0.15) is 5.10 Å². The first-order valence-corrected chi connectivity index (χ1v) is 10.2. The summed E-state index contributed by atoms with van der Waals surface area (Å²) in [5.41, 5.74) is 1.71. The topological polar surface area (TPSA) is 91.4 Å². The summed E-state index contributed by atoms with van der Waals surface area (Å²) in [4.78, 5) is 17.8. The smallest absolute Gasteiger partial charge is 0.252 e. The molecule has 1 aliphatic rings. The molecular formula is C23H22N4O4. The molecule has 158 valence electrons. The molecule has 3 aromatic heterocycles. The fourth-order valence-electron chi connectivity index (χ4n) is 3.60. The lowest BCUT2D eigenvalue weighted by atomic mass is 10.1. The van der Waals surface area contributed by atoms with Crippen LogP contribution in [0.1, 0.15) is 30.2 Å². The Morgan fingerprint density at radius 3 is 2.84 bits per heavy atom. The number of para-hydroxylation sites is 2. The van der Waals surface area contributed by atoms with Crippen LogP contribution < -0.4 is 14.8 Å². The SMILES string of the molecule is CC(C)n1ncc2c(C(=O)NCC3COc4ccccc4O3)cc(-c3ccco3)nc21. The molecule has 0 saturated carbocycles. The number of nitrogens with one attached hydrogen (secondary N) is 1. The number of amides is 1. The number of aromatic nitrogens is 3. The summed E-state index contributed by atoms with van der Waals surface area (Å²) in [7, 11) is 0. The van der Waals surface area contributed by atoms with E-state index in [9.17, 15) is 4.79 Å². The average Bonchev–Trinajstić information content (AvgIpc) is 3.46. The van der Waals surface area contributed by atoms with Crippen LogP contribution in [-0.4, -0.2) is 39.9 Å². The zero-order valence-corrected chi connectivity index (χ0v) is 17.2. The Bertz CT molecular complexity index is 1230. The van der Waals surface area contributed by atoms with Gasteiger partial charge in [0.1, 0.15) is 18.4 Å². The minimum Gasteiger partial charge on any atom is -0.486 e. The molecule has 1 aliphatic heterocycles. The molecule has 1 amide bonds. The highest BCUT2D eigenvalue weighted by molar-refractivity contribution is 6.06. The first kappa shape index (κ1) is 19.2. The van der Waals surface area contributed by atoms with Crippen LogP contribution >= 0.6 is 0 Å². The number of fused-ring (bicyclic) bond motifs is 2. The first-order valence-electron chi connectivity index (χ1n) is 10.2. The van der Waals surface area contributed by atoms with Gasteiger partial charge in [-0.15, -0.1) is 0 Å². The Kier molecular flexibility index (Phi) is 4.82. The standard InChI is InChI=1S/C23H22N4O4/c1-14(2)27-22-17(12-25-27)16(10-18(26-22)19-8-5-9-29-19)23(28)24-11-15-13-30-20-6-3-4-7-21(20)31-15/h3-10,12,14-15H,11,13H2,1-2H3,(H,24,28). The number of hydrogen-bond acceptors (Lipinski definition) is 6. The molecule has 4 heterocycles. The van der Waals surface area contributed by atoms with Gasteiger partial charge in [0.05, 0.1) is 30.0 Å². The molecular weight excluding hydrogens is 396 g/mol. The van der Waals surface area contributed by atoms with E-state index in [1.807, 2.05) is 44.2 Å². The Morgan fingerprint density at radius 1 is 1.23 bits per heavy atom. The largest absolute Gasteiger partial charge is 0.486 e. The van der Waals surface area contributed by atoms with Crippen molar-refractivity contribution in [2.75, 3.05) is 13.2 Å². The number of furan rings is 1. The Morgan fingerprint density at radius 2 is 2.06 bits per heavy atom. The van der Waals surface area contributed by atoms with E-state index >= 15 is 0 Å². The van der Waals surface area contributed by atoms with E-state index in [0.29, 0.717) is 52.7 Å². The highest BCUT2D eigenvalue weighted by Crippen LogP contribution is 2.31. The Balaban J connectivity index is 1.42. The Hall–Kier alpha value is -3.81. The number of carbonyl (C=O) groups excluding carboxylic acids is 1. The van der Waals surface area contributed by atoms with E-state index in [-0.39, 0.29) is 18.1 Å². The van der Waals surface area contributed by atoms with Crippen LogP contribution in [-0.2, 0) is 0 Å². The van der Waals surface area contributed by atoms with Gasteiger partial charge in [0, 0.05) is 6.04 Å². The molecule has 0 bridgehead atoms. The van der Waals surface area contributed by atoms with Crippen LogP contribution in [0.25, 0.3) is 22.5 Å². The summed E-state index contributed by atoms with van der Waals surface area (Å²) in [6.45, 7) is 4.72. The van der Waals surface area contributed by atoms with Crippen LogP contribution in [0.4, 0.5) is 0 Å². The monoisotopic (exact) mass is 418 g/mol. The summed E-state index contributed by atoms with van der Waals surface area (Å²) in [6.07, 6.45) is 2.98. The molecule has 1 aromatic carbocycles. The normalized spacial score (nSPS) is 15.4. The number of nitrogens with zero attached hydrogens (tertiary/aromatic N) is 3. The van der Waals surface area contributed by atoms with Crippen molar-refractivity contribution in [3.05, 3.63) is 60.5 Å². The summed E-state index contributed by atoms with van der Waals surface area (Å²) in [6, 6.07) is 12.9. The van der Waals surface area contributed by atoms with Gasteiger partial charge in [0.2, 0.25) is 0 Å². The zero-order chi connectivity index (χ0) is 21.4. The van der Waals surface area contributed by atoms with Gasteiger partial charge in [-0.3, -0.25) is 4.79 Å². The molecule has 8 heteroatoms. The summed E-state index contributed by atoms with van der Waals surface area (Å²) < 4.78 is 19.0. The molecule has 8 nitrogen and oxygen atoms in total. The third-order valence-corrected chi connectivity index (χ3v) is 5.13. The third-order valence-electron chi connectivity index (χ3n) is 5.13. The number of hydrogen-bond donors (Lipinski definition) is 1. The maximum atomic E-state index is 13.1. The number of pyridine rings is 1. The first-order chi connectivity index (χ1) is 15.1. The molecule has 0 radical (unpaired) electrons. The zero-order valence-electron chi connectivity index (χ0n) is 17.2. The minimum absolute atomic E-state index is 0.0978. The summed E-state index contributed by atoms with van der Waals surface area (Å²) in [5, 5.41) is 8.09. The quantitative estimate of drug-likeness (QED) is 0.529. The second-order valence-corrected chi connectivity index (χ2v) is 7.66. The van der Waals surface area contributed by atoms with Crippen molar-refractivity contribution in [3.63, 3.8) is 0 Å². The van der Waals surface area contributed by atoms with Gasteiger partial charge in [0.15, 0.2) is 22.9 Å². The van der Waals surface area contributed by atoms with Gasteiger partial charge in [-0.25, -0.2) is 9.67 Å². The van der Waals surface area contributed by atoms with Crippen molar-refractivity contribution in [1.29, 1.82) is 0 Å². The number of ether oxygens (including phenoxy) is 2. The molecule has 0 aliphatic carbocycles. The molecule has 5 rings (SSSR count). The van der Waals surface area contributed by atoms with E-state index in [4.69, 9.17) is 18.9 Å². The van der Waals surface area contributed by atoms with Gasteiger partial charge < -0.3 is 19.2 Å². The lowest BCUT2D eigenvalue weighted by Gasteiger charge is -2.26. The fourth-order valence-corrected chi connectivity index (χ4v) is 3.60. The third kappa shape index (κ3) is 3.61. The number of rotatable bonds is 5. The van der Waals surface area contributed by atoms with Gasteiger partial charge in [-0.05, 0) is 44.2 Å². The fraction of sp³-hybridized carbons (Fsp3) is 0.261. The molecule has 0 spiro atoms. The molecule has 0 fully saturated rings. The molecule has 4 aromatic rings. The average molecular weight is 418 g/mol. The van der Waals surface area contributed by atoms with Crippen molar-refractivity contribution in [2.24, 2.45) is 0 Å². The predicted octanol–water partition coefficient (Wildman–Crippen LogP) is 3.84. The lowest BCUT2D eigenvalue weighted by Crippen LogP contribution is -2.40.